The van der Waals surface area contributed by atoms with Gasteiger partial charge in [-0.25, -0.2) is 17.5 Å². The summed E-state index contributed by atoms with van der Waals surface area (Å²) in [6.07, 6.45) is 4.07. The summed E-state index contributed by atoms with van der Waals surface area (Å²) < 4.78 is 43.7. The zero-order chi connectivity index (χ0) is 24.8. The van der Waals surface area contributed by atoms with E-state index in [0.29, 0.717) is 23.5 Å². The second kappa shape index (κ2) is 12.0. The van der Waals surface area contributed by atoms with Gasteiger partial charge in [-0.1, -0.05) is 57.0 Å². The summed E-state index contributed by atoms with van der Waals surface area (Å²) in [6.45, 7) is 7.89. The number of sulfonamides is 1. The molecule has 0 amide bonds. The van der Waals surface area contributed by atoms with Crippen LogP contribution < -0.4 is 9.44 Å². The highest BCUT2D eigenvalue weighted by Crippen LogP contribution is 2.41. The predicted octanol–water partition coefficient (Wildman–Crippen LogP) is 5.01. The van der Waals surface area contributed by atoms with Gasteiger partial charge in [0, 0.05) is 18.3 Å². The highest BCUT2D eigenvalue weighted by Gasteiger charge is 2.36. The Labute approximate surface area is 208 Å². The second-order valence-electron chi connectivity index (χ2n) is 9.66. The van der Waals surface area contributed by atoms with E-state index in [9.17, 15) is 17.9 Å². The van der Waals surface area contributed by atoms with Gasteiger partial charge in [0.2, 0.25) is 10.0 Å². The van der Waals surface area contributed by atoms with E-state index in [2.05, 4.69) is 30.2 Å². The maximum Gasteiger partial charge on any atom is 0.240 e. The molecule has 2 aromatic rings. The van der Waals surface area contributed by atoms with Crippen molar-refractivity contribution in [1.82, 2.24) is 9.44 Å². The minimum atomic E-state index is -3.67. The molecule has 0 aromatic heterocycles. The van der Waals surface area contributed by atoms with Crippen molar-refractivity contribution in [3.8, 4) is 0 Å². The van der Waals surface area contributed by atoms with Crippen molar-refractivity contribution in [3.05, 3.63) is 65.5 Å². The summed E-state index contributed by atoms with van der Waals surface area (Å²) in [5.74, 6) is 0.729. The molecule has 1 saturated carbocycles. The van der Waals surface area contributed by atoms with Gasteiger partial charge in [0.25, 0.3) is 0 Å². The van der Waals surface area contributed by atoms with Crippen LogP contribution in [0.25, 0.3) is 0 Å². The van der Waals surface area contributed by atoms with E-state index < -0.39 is 21.4 Å². The van der Waals surface area contributed by atoms with Crippen LogP contribution in [0.4, 0.5) is 4.39 Å². The molecule has 0 spiro atoms. The third kappa shape index (κ3) is 7.52. The topological polar surface area (TPSA) is 78.4 Å². The minimum absolute atomic E-state index is 0.0471. The Morgan fingerprint density at radius 2 is 1.68 bits per heavy atom. The summed E-state index contributed by atoms with van der Waals surface area (Å²) in [5, 5.41) is 11.8. The highest BCUT2D eigenvalue weighted by molar-refractivity contribution is 7.97. The number of hydrogen-bond acceptors (Lipinski definition) is 5. The molecule has 188 valence electrons. The van der Waals surface area contributed by atoms with Crippen LogP contribution in [0.3, 0.4) is 0 Å². The lowest BCUT2D eigenvalue weighted by Gasteiger charge is -2.38. The molecule has 5 nitrogen and oxygen atoms in total. The standard InChI is InChI=1S/C26H37FN2O3S2/c1-19(2)33-28-18-20(3)22-12-15-26(30,16-13-22)23-6-4-21(5-7-23)14-17-29-34(31,32)25-10-8-24(27)9-11-25/h4-11,19-20,22,28-30H,12-18H2,1-3H3. The summed E-state index contributed by atoms with van der Waals surface area (Å²) in [7, 11) is -3.67. The Hall–Kier alpha value is -1.45. The van der Waals surface area contributed by atoms with Crippen LogP contribution in [-0.2, 0) is 22.0 Å². The first kappa shape index (κ1) is 27.1. The monoisotopic (exact) mass is 508 g/mol. The van der Waals surface area contributed by atoms with Crippen LogP contribution in [-0.4, -0.2) is 31.9 Å². The van der Waals surface area contributed by atoms with Crippen molar-refractivity contribution in [2.75, 3.05) is 13.1 Å². The van der Waals surface area contributed by atoms with Gasteiger partial charge in [-0.15, -0.1) is 0 Å². The van der Waals surface area contributed by atoms with Gasteiger partial charge < -0.3 is 5.11 Å². The maximum atomic E-state index is 13.0. The van der Waals surface area contributed by atoms with Gasteiger partial charge in [0.05, 0.1) is 10.5 Å². The first-order valence-electron chi connectivity index (χ1n) is 12.0. The number of rotatable bonds is 11. The zero-order valence-corrected chi connectivity index (χ0v) is 21.9. The van der Waals surface area contributed by atoms with Crippen molar-refractivity contribution in [2.45, 2.75) is 68.6 Å². The SMILES string of the molecule is CC(C)SNCC(C)C1CCC(O)(c2ccc(CCNS(=O)(=O)c3ccc(F)cc3)cc2)CC1. The van der Waals surface area contributed by atoms with Gasteiger partial charge >= 0.3 is 0 Å². The normalized spacial score (nSPS) is 22.1. The summed E-state index contributed by atoms with van der Waals surface area (Å²) in [6, 6.07) is 12.6. The van der Waals surface area contributed by atoms with Gasteiger partial charge in [0.15, 0.2) is 0 Å². The van der Waals surface area contributed by atoms with Crippen LogP contribution in [0.15, 0.2) is 53.4 Å². The number of aliphatic hydroxyl groups is 1. The summed E-state index contributed by atoms with van der Waals surface area (Å²) in [5.41, 5.74) is 1.13. The van der Waals surface area contributed by atoms with Crippen LogP contribution in [0.2, 0.25) is 0 Å². The predicted molar refractivity (Wildman–Crippen MR) is 137 cm³/mol. The van der Waals surface area contributed by atoms with Crippen molar-refractivity contribution in [2.24, 2.45) is 11.8 Å². The lowest BCUT2D eigenvalue weighted by atomic mass is 9.71. The molecule has 3 N–H and O–H groups in total. The maximum absolute atomic E-state index is 13.0. The Morgan fingerprint density at radius 3 is 2.26 bits per heavy atom. The van der Waals surface area contributed by atoms with Gasteiger partial charge in [-0.05, 0) is 79.3 Å². The van der Waals surface area contributed by atoms with Crippen molar-refractivity contribution in [3.63, 3.8) is 0 Å². The molecule has 8 heteroatoms. The van der Waals surface area contributed by atoms with Crippen LogP contribution >= 0.6 is 11.9 Å². The third-order valence-corrected chi connectivity index (χ3v) is 8.99. The molecule has 0 radical (unpaired) electrons. The molecule has 0 heterocycles. The molecule has 0 bridgehead atoms. The van der Waals surface area contributed by atoms with Gasteiger partial charge in [-0.3, -0.25) is 4.72 Å². The summed E-state index contributed by atoms with van der Waals surface area (Å²) >= 11 is 1.78. The fraction of sp³-hybridized carbons (Fsp3) is 0.538. The Morgan fingerprint density at radius 1 is 1.06 bits per heavy atom. The fourth-order valence-electron chi connectivity index (χ4n) is 4.50. The fourth-order valence-corrected chi connectivity index (χ4v) is 6.22. The smallest absolute Gasteiger partial charge is 0.240 e. The molecule has 1 unspecified atom stereocenters. The third-order valence-electron chi connectivity index (χ3n) is 6.71. The summed E-state index contributed by atoms with van der Waals surface area (Å²) in [4.78, 5) is 0.0471. The second-order valence-corrected chi connectivity index (χ2v) is 12.9. The average Bonchev–Trinajstić information content (AvgIpc) is 2.80. The average molecular weight is 509 g/mol. The molecule has 1 atom stereocenters. The van der Waals surface area contributed by atoms with E-state index in [0.717, 1.165) is 55.5 Å². The number of benzene rings is 2. The number of hydrogen-bond donors (Lipinski definition) is 3. The van der Waals surface area contributed by atoms with Crippen LogP contribution in [0.1, 0.15) is 57.6 Å². The lowest BCUT2D eigenvalue weighted by molar-refractivity contribution is -0.0207. The molecule has 0 aliphatic heterocycles. The molecule has 1 aliphatic rings. The largest absolute Gasteiger partial charge is 0.385 e. The van der Waals surface area contributed by atoms with Crippen LogP contribution in [0, 0.1) is 17.7 Å². The van der Waals surface area contributed by atoms with E-state index in [1.54, 1.807) is 11.9 Å². The Bertz CT molecular complexity index is 1000. The zero-order valence-electron chi connectivity index (χ0n) is 20.3. The highest BCUT2D eigenvalue weighted by atomic mass is 32.2. The van der Waals surface area contributed by atoms with Crippen molar-refractivity contribution in [1.29, 1.82) is 0 Å². The van der Waals surface area contributed by atoms with Gasteiger partial charge in [-0.2, -0.15) is 0 Å². The van der Waals surface area contributed by atoms with E-state index in [-0.39, 0.29) is 11.4 Å². The number of nitrogens with one attached hydrogen (secondary N) is 2. The van der Waals surface area contributed by atoms with E-state index in [1.165, 1.54) is 12.1 Å². The Balaban J connectivity index is 1.48. The first-order valence-corrected chi connectivity index (χ1v) is 14.4. The van der Waals surface area contributed by atoms with E-state index in [1.807, 2.05) is 24.3 Å². The van der Waals surface area contributed by atoms with Crippen molar-refractivity contribution < 1.29 is 17.9 Å². The molecule has 1 fully saturated rings. The molecule has 34 heavy (non-hydrogen) atoms. The van der Waals surface area contributed by atoms with Gasteiger partial charge in [0.1, 0.15) is 5.82 Å². The first-order chi connectivity index (χ1) is 16.1. The molecular formula is C26H37FN2O3S2. The molecule has 2 aromatic carbocycles. The molecule has 0 saturated heterocycles. The van der Waals surface area contributed by atoms with E-state index >= 15 is 0 Å². The molecular weight excluding hydrogens is 471 g/mol. The minimum Gasteiger partial charge on any atom is -0.385 e. The molecule has 1 aliphatic carbocycles. The number of halogens is 1. The molecule has 3 rings (SSSR count). The quantitative estimate of drug-likeness (QED) is 0.372. The van der Waals surface area contributed by atoms with Crippen LogP contribution in [0.5, 0.6) is 0 Å². The lowest BCUT2D eigenvalue weighted by Crippen LogP contribution is -2.35. The van der Waals surface area contributed by atoms with Crippen molar-refractivity contribution >= 4 is 22.0 Å². The van der Waals surface area contributed by atoms with E-state index in [4.69, 9.17) is 0 Å². The Kier molecular flexibility index (Phi) is 9.57.